The molecule has 1 aromatic heterocycles. The van der Waals surface area contributed by atoms with Gasteiger partial charge in [0.1, 0.15) is 5.76 Å². The number of nitrogens with one attached hydrogen (secondary N) is 2. The van der Waals surface area contributed by atoms with Gasteiger partial charge in [0.05, 0.1) is 24.1 Å². The largest absolute Gasteiger partial charge is 0.467 e. The van der Waals surface area contributed by atoms with E-state index in [0.717, 1.165) is 43.7 Å². The van der Waals surface area contributed by atoms with E-state index in [-0.39, 0.29) is 11.8 Å². The quantitative estimate of drug-likeness (QED) is 0.345. The molecule has 34 heavy (non-hydrogen) atoms. The third-order valence-corrected chi connectivity index (χ3v) is 5.71. The number of hydrogen-bond donors (Lipinski definition) is 2. The van der Waals surface area contributed by atoms with Gasteiger partial charge in [-0.1, -0.05) is 39.3 Å². The van der Waals surface area contributed by atoms with E-state index in [9.17, 15) is 9.59 Å². The Balaban J connectivity index is 1.90. The maximum Gasteiger partial charge on any atom is 0.255 e. The average Bonchev–Trinajstić information content (AvgIpc) is 3.38. The predicted octanol–water partition coefficient (Wildman–Crippen LogP) is 6.04. The van der Waals surface area contributed by atoms with Crippen LogP contribution in [0.4, 0.5) is 11.4 Å². The van der Waals surface area contributed by atoms with Gasteiger partial charge < -0.3 is 20.0 Å². The van der Waals surface area contributed by atoms with Gasteiger partial charge in [-0.25, -0.2) is 0 Å². The van der Waals surface area contributed by atoms with Crippen LogP contribution in [0.5, 0.6) is 0 Å². The van der Waals surface area contributed by atoms with Crippen molar-refractivity contribution < 1.29 is 14.0 Å². The zero-order valence-electron chi connectivity index (χ0n) is 20.4. The van der Waals surface area contributed by atoms with E-state index in [1.807, 2.05) is 55.5 Å². The van der Waals surface area contributed by atoms with Crippen LogP contribution in [0.25, 0.3) is 0 Å². The molecule has 1 heterocycles. The molecule has 0 radical (unpaired) electrons. The van der Waals surface area contributed by atoms with Crippen LogP contribution in [-0.2, 0) is 13.0 Å². The zero-order valence-corrected chi connectivity index (χ0v) is 20.4. The summed E-state index contributed by atoms with van der Waals surface area (Å²) in [6, 6.07) is 16.9. The van der Waals surface area contributed by atoms with E-state index in [1.165, 1.54) is 5.56 Å². The lowest BCUT2D eigenvalue weighted by Gasteiger charge is -2.26. The van der Waals surface area contributed by atoms with Crippen LogP contribution in [0.3, 0.4) is 0 Å². The molecule has 0 saturated heterocycles. The molecule has 0 unspecified atom stereocenters. The Kier molecular flexibility index (Phi) is 9.32. The van der Waals surface area contributed by atoms with E-state index in [1.54, 1.807) is 12.3 Å². The Morgan fingerprint density at radius 1 is 0.941 bits per heavy atom. The second kappa shape index (κ2) is 12.6. The molecule has 3 aromatic rings. The summed E-state index contributed by atoms with van der Waals surface area (Å²) in [6.07, 6.45) is 5.46. The van der Waals surface area contributed by atoms with Crippen LogP contribution in [0.2, 0.25) is 0 Å². The first-order valence-electron chi connectivity index (χ1n) is 12.2. The molecule has 6 nitrogen and oxygen atoms in total. The molecule has 2 aromatic carbocycles. The number of nitrogens with zero attached hydrogens (tertiary/aromatic N) is 1. The number of amides is 2. The van der Waals surface area contributed by atoms with Crippen LogP contribution in [-0.4, -0.2) is 24.9 Å². The van der Waals surface area contributed by atoms with Gasteiger partial charge in [-0.05, 0) is 67.3 Å². The summed E-state index contributed by atoms with van der Waals surface area (Å²) in [5.41, 5.74) is 3.71. The predicted molar refractivity (Wildman–Crippen MR) is 138 cm³/mol. The van der Waals surface area contributed by atoms with Crippen LogP contribution in [0, 0.1) is 0 Å². The number of aryl methyl sites for hydroxylation is 1. The first-order valence-corrected chi connectivity index (χ1v) is 12.2. The fourth-order valence-corrected chi connectivity index (χ4v) is 3.72. The fourth-order valence-electron chi connectivity index (χ4n) is 3.72. The molecule has 180 valence electrons. The molecule has 6 heteroatoms. The van der Waals surface area contributed by atoms with E-state index in [2.05, 4.69) is 29.4 Å². The number of anilines is 2. The third kappa shape index (κ3) is 6.73. The summed E-state index contributed by atoms with van der Waals surface area (Å²) >= 11 is 0. The van der Waals surface area contributed by atoms with E-state index >= 15 is 0 Å². The highest BCUT2D eigenvalue weighted by molar-refractivity contribution is 6.06. The topological polar surface area (TPSA) is 74.6 Å². The Morgan fingerprint density at radius 3 is 2.38 bits per heavy atom. The lowest BCUT2D eigenvalue weighted by atomic mass is 10.1. The van der Waals surface area contributed by atoms with E-state index in [0.29, 0.717) is 29.9 Å². The molecule has 0 fully saturated rings. The minimum Gasteiger partial charge on any atom is -0.467 e. The Labute approximate surface area is 202 Å². The lowest BCUT2D eigenvalue weighted by molar-refractivity contribution is 0.0952. The third-order valence-electron chi connectivity index (χ3n) is 5.71. The van der Waals surface area contributed by atoms with Crippen LogP contribution >= 0.6 is 0 Å². The number of hydrogen-bond acceptors (Lipinski definition) is 4. The van der Waals surface area contributed by atoms with Crippen LogP contribution in [0.1, 0.15) is 72.1 Å². The molecule has 2 amide bonds. The molecule has 0 bridgehead atoms. The van der Waals surface area contributed by atoms with Crippen molar-refractivity contribution in [1.82, 2.24) is 5.32 Å². The average molecular weight is 462 g/mol. The van der Waals surface area contributed by atoms with Crippen molar-refractivity contribution >= 4 is 23.2 Å². The van der Waals surface area contributed by atoms with E-state index < -0.39 is 0 Å². The highest BCUT2D eigenvalue weighted by atomic mass is 16.3. The van der Waals surface area contributed by atoms with Crippen molar-refractivity contribution in [3.05, 3.63) is 83.3 Å². The van der Waals surface area contributed by atoms with Crippen molar-refractivity contribution in [3.8, 4) is 0 Å². The van der Waals surface area contributed by atoms with Gasteiger partial charge in [0.2, 0.25) is 0 Å². The van der Waals surface area contributed by atoms with Crippen molar-refractivity contribution in [2.24, 2.45) is 0 Å². The number of furan rings is 1. The summed E-state index contributed by atoms with van der Waals surface area (Å²) in [7, 11) is 0. The van der Waals surface area contributed by atoms with Gasteiger partial charge in [-0.15, -0.1) is 0 Å². The normalized spacial score (nSPS) is 10.7. The smallest absolute Gasteiger partial charge is 0.255 e. The summed E-state index contributed by atoms with van der Waals surface area (Å²) in [5, 5.41) is 5.93. The minimum absolute atomic E-state index is 0.152. The zero-order chi connectivity index (χ0) is 24.3. The minimum atomic E-state index is -0.200. The van der Waals surface area contributed by atoms with Gasteiger partial charge in [0, 0.05) is 24.3 Å². The molecule has 0 spiro atoms. The first kappa shape index (κ1) is 25.1. The molecule has 0 aliphatic carbocycles. The number of rotatable bonds is 12. The maximum absolute atomic E-state index is 13.1. The highest BCUT2D eigenvalue weighted by Crippen LogP contribution is 2.27. The number of benzene rings is 2. The summed E-state index contributed by atoms with van der Waals surface area (Å²) < 4.78 is 5.57. The molecule has 3 rings (SSSR count). The molecule has 0 atom stereocenters. The highest BCUT2D eigenvalue weighted by Gasteiger charge is 2.19. The number of carbonyl (C=O) groups excluding carboxylic acids is 2. The summed E-state index contributed by atoms with van der Waals surface area (Å²) in [5.74, 6) is 0.485. The maximum atomic E-state index is 13.1. The molecular weight excluding hydrogens is 426 g/mol. The Morgan fingerprint density at radius 2 is 1.74 bits per heavy atom. The second-order valence-electron chi connectivity index (χ2n) is 8.35. The summed E-state index contributed by atoms with van der Waals surface area (Å²) in [6.45, 7) is 8.19. The number of carbonyl (C=O) groups is 2. The van der Waals surface area contributed by atoms with Gasteiger partial charge in [-0.3, -0.25) is 9.59 Å². The molecule has 2 N–H and O–H groups in total. The van der Waals surface area contributed by atoms with Crippen molar-refractivity contribution in [1.29, 1.82) is 0 Å². The Hall–Kier alpha value is -3.54. The number of unbranched alkanes of at least 4 members (excludes halogenated alkanes) is 1. The van der Waals surface area contributed by atoms with Crippen LogP contribution in [0.15, 0.2) is 65.3 Å². The summed E-state index contributed by atoms with van der Waals surface area (Å²) in [4.78, 5) is 28.1. The van der Waals surface area contributed by atoms with Crippen molar-refractivity contribution in [2.45, 2.75) is 53.0 Å². The lowest BCUT2D eigenvalue weighted by Crippen LogP contribution is -2.30. The Bertz CT molecular complexity index is 1060. The van der Waals surface area contributed by atoms with Crippen LogP contribution < -0.4 is 15.5 Å². The van der Waals surface area contributed by atoms with Crippen molar-refractivity contribution in [2.75, 3.05) is 23.3 Å². The standard InChI is InChI=1S/C28H35N3O3/c1-4-7-17-31(20-24-9-8-18-34-24)26-15-14-23(19-25(26)28(33)29-16-5-2)30-27(32)22-12-10-21(6-3)11-13-22/h8-15,18-19H,4-7,16-17,20H2,1-3H3,(H,29,33)(H,30,32). The second-order valence-corrected chi connectivity index (χ2v) is 8.35. The van der Waals surface area contributed by atoms with Gasteiger partial charge >= 0.3 is 0 Å². The monoisotopic (exact) mass is 461 g/mol. The van der Waals surface area contributed by atoms with Crippen molar-refractivity contribution in [3.63, 3.8) is 0 Å². The van der Waals surface area contributed by atoms with Gasteiger partial charge in [-0.2, -0.15) is 0 Å². The SMILES string of the molecule is CCCCN(Cc1ccco1)c1ccc(NC(=O)c2ccc(CC)cc2)cc1C(=O)NCCC. The van der Waals surface area contributed by atoms with E-state index in [4.69, 9.17) is 4.42 Å². The first-order chi connectivity index (χ1) is 16.5. The molecular formula is C28H35N3O3. The molecule has 0 aliphatic rings. The molecule has 0 saturated carbocycles. The fraction of sp³-hybridized carbons (Fsp3) is 0.357. The molecule has 0 aliphatic heterocycles. The van der Waals surface area contributed by atoms with Gasteiger partial charge in [0.25, 0.3) is 11.8 Å². The van der Waals surface area contributed by atoms with Gasteiger partial charge in [0.15, 0.2) is 0 Å².